The molecule has 0 heterocycles. The molecule has 3 nitrogen and oxygen atoms in total. The smallest absolute Gasteiger partial charge is 0.237 e. The van der Waals surface area contributed by atoms with Crippen molar-refractivity contribution in [2.24, 2.45) is 0 Å². The van der Waals surface area contributed by atoms with E-state index in [0.29, 0.717) is 16.3 Å². The number of rotatable bonds is 5. The van der Waals surface area contributed by atoms with E-state index >= 15 is 0 Å². The molecule has 0 fully saturated rings. The van der Waals surface area contributed by atoms with Gasteiger partial charge in [-0.3, -0.25) is 9.59 Å². The van der Waals surface area contributed by atoms with Crippen LogP contribution in [0.5, 0.6) is 0 Å². The molecule has 5 heteroatoms. The van der Waals surface area contributed by atoms with E-state index in [9.17, 15) is 9.59 Å². The van der Waals surface area contributed by atoms with Gasteiger partial charge in [-0.1, -0.05) is 35.9 Å². The number of Topliss-reactive ketones (excluding diaryl/α,β-unsaturated/α-hetero) is 1. The van der Waals surface area contributed by atoms with E-state index in [0.717, 1.165) is 4.90 Å². The molecule has 0 aliphatic carbocycles. The Morgan fingerprint density at radius 1 is 1.14 bits per heavy atom. The van der Waals surface area contributed by atoms with Crippen LogP contribution in [0.15, 0.2) is 53.4 Å². The minimum Gasteiger partial charge on any atom is -0.325 e. The van der Waals surface area contributed by atoms with Crippen molar-refractivity contribution in [2.75, 3.05) is 5.32 Å². The monoisotopic (exact) mass is 333 g/mol. The molecule has 22 heavy (non-hydrogen) atoms. The van der Waals surface area contributed by atoms with Gasteiger partial charge in [0.1, 0.15) is 0 Å². The maximum Gasteiger partial charge on any atom is 0.237 e. The van der Waals surface area contributed by atoms with Gasteiger partial charge in [-0.05, 0) is 38.1 Å². The molecule has 2 aromatic rings. The van der Waals surface area contributed by atoms with Crippen LogP contribution in [0.25, 0.3) is 0 Å². The summed E-state index contributed by atoms with van der Waals surface area (Å²) in [5.74, 6) is -0.166. The van der Waals surface area contributed by atoms with Crippen molar-refractivity contribution in [3.8, 4) is 0 Å². The first-order valence-electron chi connectivity index (χ1n) is 6.80. The lowest BCUT2D eigenvalue weighted by atomic mass is 10.1. The summed E-state index contributed by atoms with van der Waals surface area (Å²) in [7, 11) is 0. The Morgan fingerprint density at radius 2 is 1.86 bits per heavy atom. The summed E-state index contributed by atoms with van der Waals surface area (Å²) in [5, 5.41) is 3.15. The minimum atomic E-state index is -0.305. The Kier molecular flexibility index (Phi) is 5.63. The molecule has 1 N–H and O–H groups in total. The molecule has 2 rings (SSSR count). The quantitative estimate of drug-likeness (QED) is 0.639. The Bertz CT molecular complexity index is 703. The lowest BCUT2D eigenvalue weighted by Crippen LogP contribution is -2.22. The van der Waals surface area contributed by atoms with Crippen molar-refractivity contribution in [3.05, 3.63) is 59.1 Å². The van der Waals surface area contributed by atoms with Crippen molar-refractivity contribution in [1.82, 2.24) is 0 Å². The van der Waals surface area contributed by atoms with Gasteiger partial charge in [0, 0.05) is 16.1 Å². The number of benzene rings is 2. The molecule has 0 saturated carbocycles. The van der Waals surface area contributed by atoms with Gasteiger partial charge in [0.25, 0.3) is 0 Å². The minimum absolute atomic E-state index is 0.0328. The number of hydrogen-bond donors (Lipinski definition) is 1. The Labute approximate surface area is 139 Å². The van der Waals surface area contributed by atoms with Gasteiger partial charge < -0.3 is 5.32 Å². The molecule has 0 radical (unpaired) electrons. The van der Waals surface area contributed by atoms with Gasteiger partial charge in [0.05, 0.1) is 10.3 Å². The molecule has 0 aliphatic rings. The zero-order valence-corrected chi connectivity index (χ0v) is 13.9. The fraction of sp³-hybridized carbons (Fsp3) is 0.176. The molecule has 114 valence electrons. The third kappa shape index (κ3) is 4.36. The second kappa shape index (κ2) is 7.47. The third-order valence-corrected chi connectivity index (χ3v) is 4.67. The number of carbonyl (C=O) groups is 2. The highest BCUT2D eigenvalue weighted by molar-refractivity contribution is 8.00. The number of hydrogen-bond acceptors (Lipinski definition) is 3. The second-order valence-corrected chi connectivity index (χ2v) is 6.61. The summed E-state index contributed by atoms with van der Waals surface area (Å²) in [5.41, 5.74) is 1.19. The van der Waals surface area contributed by atoms with E-state index in [4.69, 9.17) is 11.6 Å². The Hall–Kier alpha value is -1.78. The maximum absolute atomic E-state index is 12.2. The van der Waals surface area contributed by atoms with E-state index in [1.54, 1.807) is 30.3 Å². The Morgan fingerprint density at radius 3 is 2.55 bits per heavy atom. The lowest BCUT2D eigenvalue weighted by molar-refractivity contribution is -0.115. The molecule has 0 aliphatic heterocycles. The highest BCUT2D eigenvalue weighted by Gasteiger charge is 2.16. The van der Waals surface area contributed by atoms with Crippen LogP contribution in [0.3, 0.4) is 0 Å². The molecule has 0 aromatic heterocycles. The van der Waals surface area contributed by atoms with E-state index in [1.165, 1.54) is 18.7 Å². The first kappa shape index (κ1) is 16.6. The molecule has 0 bridgehead atoms. The summed E-state index contributed by atoms with van der Waals surface area (Å²) >= 11 is 7.50. The van der Waals surface area contributed by atoms with Crippen LogP contribution in [0.1, 0.15) is 24.2 Å². The van der Waals surface area contributed by atoms with Crippen LogP contribution < -0.4 is 5.32 Å². The van der Waals surface area contributed by atoms with Gasteiger partial charge in [0.2, 0.25) is 5.91 Å². The summed E-state index contributed by atoms with van der Waals surface area (Å²) in [6.45, 7) is 3.31. The molecular formula is C17H16ClNO2S. The van der Waals surface area contributed by atoms with E-state index in [-0.39, 0.29) is 16.9 Å². The topological polar surface area (TPSA) is 46.2 Å². The van der Waals surface area contributed by atoms with Gasteiger partial charge in [-0.2, -0.15) is 0 Å². The van der Waals surface area contributed by atoms with Crippen molar-refractivity contribution in [3.63, 3.8) is 0 Å². The summed E-state index contributed by atoms with van der Waals surface area (Å²) in [6, 6.07) is 14.3. The summed E-state index contributed by atoms with van der Waals surface area (Å²) in [4.78, 5) is 24.5. The fourth-order valence-corrected chi connectivity index (χ4v) is 3.00. The van der Waals surface area contributed by atoms with E-state index in [1.807, 2.05) is 25.1 Å². The molecular weight excluding hydrogens is 318 g/mol. The van der Waals surface area contributed by atoms with Gasteiger partial charge in [0.15, 0.2) is 5.78 Å². The second-order valence-electron chi connectivity index (χ2n) is 4.82. The number of amides is 1. The Balaban J connectivity index is 2.04. The van der Waals surface area contributed by atoms with Gasteiger partial charge in [-0.25, -0.2) is 0 Å². The highest BCUT2D eigenvalue weighted by Crippen LogP contribution is 2.30. The zero-order valence-electron chi connectivity index (χ0n) is 12.3. The molecule has 0 saturated heterocycles. The normalized spacial score (nSPS) is 11.8. The van der Waals surface area contributed by atoms with E-state index in [2.05, 4.69) is 5.32 Å². The summed E-state index contributed by atoms with van der Waals surface area (Å²) < 4.78 is 0. The summed E-state index contributed by atoms with van der Waals surface area (Å²) in [6.07, 6.45) is 0. The maximum atomic E-state index is 12.2. The first-order valence-corrected chi connectivity index (χ1v) is 8.06. The average molecular weight is 334 g/mol. The van der Waals surface area contributed by atoms with E-state index < -0.39 is 0 Å². The number of halogens is 1. The fourth-order valence-electron chi connectivity index (χ4n) is 1.84. The largest absolute Gasteiger partial charge is 0.325 e. The average Bonchev–Trinajstić information content (AvgIpc) is 2.49. The number of ketones is 1. The molecule has 0 spiro atoms. The highest BCUT2D eigenvalue weighted by atomic mass is 35.5. The lowest BCUT2D eigenvalue weighted by Gasteiger charge is -2.13. The van der Waals surface area contributed by atoms with Crippen LogP contribution in [0, 0.1) is 0 Å². The third-order valence-electron chi connectivity index (χ3n) is 3.05. The number of anilines is 1. The number of carbonyl (C=O) groups excluding carboxylic acids is 2. The van der Waals surface area contributed by atoms with Gasteiger partial charge >= 0.3 is 0 Å². The number of nitrogens with one attached hydrogen (secondary N) is 1. The van der Waals surface area contributed by atoms with Crippen molar-refractivity contribution < 1.29 is 9.59 Å². The molecule has 2 aromatic carbocycles. The molecule has 1 atom stereocenters. The first-order chi connectivity index (χ1) is 10.5. The SMILES string of the molecule is CC(=O)c1cccc(NC(=O)C(C)Sc2ccccc2Cl)c1. The van der Waals surface area contributed by atoms with Crippen LogP contribution in [-0.4, -0.2) is 16.9 Å². The van der Waals surface area contributed by atoms with Crippen LogP contribution >= 0.6 is 23.4 Å². The van der Waals surface area contributed by atoms with Crippen molar-refractivity contribution in [2.45, 2.75) is 24.0 Å². The molecule has 1 unspecified atom stereocenters. The zero-order chi connectivity index (χ0) is 16.1. The van der Waals surface area contributed by atoms with Crippen molar-refractivity contribution >= 4 is 40.7 Å². The standard InChI is InChI=1S/C17H16ClNO2S/c1-11(20)13-6-5-7-14(10-13)19-17(21)12(2)22-16-9-4-3-8-15(16)18/h3-10,12H,1-2H3,(H,19,21). The molecule has 1 amide bonds. The number of thioether (sulfide) groups is 1. The predicted octanol–water partition coefficient (Wildman–Crippen LogP) is 4.66. The van der Waals surface area contributed by atoms with Crippen molar-refractivity contribution in [1.29, 1.82) is 0 Å². The van der Waals surface area contributed by atoms with Crippen LogP contribution in [0.4, 0.5) is 5.69 Å². The van der Waals surface area contributed by atoms with Crippen LogP contribution in [0.2, 0.25) is 5.02 Å². The predicted molar refractivity (Wildman–Crippen MR) is 91.8 cm³/mol. The van der Waals surface area contributed by atoms with Crippen LogP contribution in [-0.2, 0) is 4.79 Å². The van der Waals surface area contributed by atoms with Gasteiger partial charge in [-0.15, -0.1) is 11.8 Å².